The van der Waals surface area contributed by atoms with Crippen LogP contribution in [0.4, 0.5) is 0 Å². The van der Waals surface area contributed by atoms with Gasteiger partial charge >= 0.3 is 0 Å². The Labute approximate surface area is 72.6 Å². The lowest BCUT2D eigenvalue weighted by Gasteiger charge is -1.97. The van der Waals surface area contributed by atoms with Crippen LogP contribution in [0.5, 0.6) is 0 Å². The van der Waals surface area contributed by atoms with Crippen molar-refractivity contribution in [2.24, 2.45) is 18.2 Å². The summed E-state index contributed by atoms with van der Waals surface area (Å²) in [6, 6.07) is 0.285. The van der Waals surface area contributed by atoms with Crippen LogP contribution in [0.1, 0.15) is 25.5 Å². The van der Waals surface area contributed by atoms with Gasteiger partial charge in [0.15, 0.2) is 0 Å². The summed E-state index contributed by atoms with van der Waals surface area (Å²) < 4.78 is 1.97. The van der Waals surface area contributed by atoms with Crippen molar-refractivity contribution in [3.8, 4) is 0 Å². The lowest BCUT2D eigenvalue weighted by atomic mass is 10.1. The fourth-order valence-corrected chi connectivity index (χ4v) is 1.84. The molecule has 66 valence electrons. The fraction of sp³-hybridized carbons (Fsp3) is 0.667. The first-order valence-electron chi connectivity index (χ1n) is 4.27. The van der Waals surface area contributed by atoms with Crippen LogP contribution < -0.4 is 5.73 Å². The van der Waals surface area contributed by atoms with Crippen LogP contribution in [0.3, 0.4) is 0 Å². The lowest BCUT2D eigenvalue weighted by molar-refractivity contribution is 0.596. The SMILES string of the molecule is Cn1cnc([C@@H]2[C@@H](N)C2(C)C)c1. The van der Waals surface area contributed by atoms with Gasteiger partial charge in [0.1, 0.15) is 0 Å². The predicted octanol–water partition coefficient (Wildman–Crippen LogP) is 0.871. The van der Waals surface area contributed by atoms with E-state index in [-0.39, 0.29) is 11.5 Å². The molecule has 0 bridgehead atoms. The molecule has 1 aliphatic rings. The number of rotatable bonds is 1. The normalized spacial score (nSPS) is 32.0. The van der Waals surface area contributed by atoms with Crippen molar-refractivity contribution >= 4 is 0 Å². The molecule has 12 heavy (non-hydrogen) atoms. The summed E-state index contributed by atoms with van der Waals surface area (Å²) in [5.41, 5.74) is 7.31. The van der Waals surface area contributed by atoms with Gasteiger partial charge in [-0.25, -0.2) is 4.98 Å². The van der Waals surface area contributed by atoms with E-state index in [0.29, 0.717) is 5.92 Å². The zero-order valence-electron chi connectivity index (χ0n) is 7.78. The molecule has 3 heteroatoms. The first kappa shape index (κ1) is 7.80. The molecule has 1 heterocycles. The molecule has 1 aromatic rings. The molecule has 1 aliphatic carbocycles. The largest absolute Gasteiger partial charge is 0.340 e. The van der Waals surface area contributed by atoms with Gasteiger partial charge in [-0.3, -0.25) is 0 Å². The smallest absolute Gasteiger partial charge is 0.0946 e. The van der Waals surface area contributed by atoms with Crippen molar-refractivity contribution < 1.29 is 0 Å². The Hall–Kier alpha value is -0.830. The molecule has 2 rings (SSSR count). The Morgan fingerprint density at radius 3 is 2.50 bits per heavy atom. The molecular weight excluding hydrogens is 150 g/mol. The average Bonchev–Trinajstić information content (AvgIpc) is 2.38. The monoisotopic (exact) mass is 165 g/mol. The van der Waals surface area contributed by atoms with Gasteiger partial charge in [0.2, 0.25) is 0 Å². The molecule has 3 nitrogen and oxygen atoms in total. The van der Waals surface area contributed by atoms with Crippen LogP contribution in [0.15, 0.2) is 12.5 Å². The number of hydrogen-bond acceptors (Lipinski definition) is 2. The third kappa shape index (κ3) is 0.894. The van der Waals surface area contributed by atoms with Gasteiger partial charge < -0.3 is 10.3 Å². The Morgan fingerprint density at radius 1 is 1.58 bits per heavy atom. The average molecular weight is 165 g/mol. The van der Waals surface area contributed by atoms with E-state index >= 15 is 0 Å². The highest BCUT2D eigenvalue weighted by Crippen LogP contribution is 2.56. The number of imidazole rings is 1. The van der Waals surface area contributed by atoms with Crippen LogP contribution >= 0.6 is 0 Å². The molecule has 2 atom stereocenters. The third-order valence-electron chi connectivity index (χ3n) is 2.95. The van der Waals surface area contributed by atoms with Gasteiger partial charge in [-0.05, 0) is 5.41 Å². The molecule has 0 aliphatic heterocycles. The van der Waals surface area contributed by atoms with E-state index < -0.39 is 0 Å². The Balaban J connectivity index is 2.24. The highest BCUT2D eigenvalue weighted by molar-refractivity contribution is 5.27. The summed E-state index contributed by atoms with van der Waals surface area (Å²) in [7, 11) is 1.98. The molecule has 1 aromatic heterocycles. The number of aryl methyl sites for hydroxylation is 1. The van der Waals surface area contributed by atoms with E-state index in [2.05, 4.69) is 25.0 Å². The third-order valence-corrected chi connectivity index (χ3v) is 2.95. The first-order valence-corrected chi connectivity index (χ1v) is 4.27. The molecular formula is C9H15N3. The minimum Gasteiger partial charge on any atom is -0.340 e. The molecule has 0 aromatic carbocycles. The predicted molar refractivity (Wildman–Crippen MR) is 47.7 cm³/mol. The summed E-state index contributed by atoms with van der Waals surface area (Å²) in [5.74, 6) is 0.457. The quantitative estimate of drug-likeness (QED) is 0.671. The summed E-state index contributed by atoms with van der Waals surface area (Å²) in [5, 5.41) is 0. The number of aromatic nitrogens is 2. The number of nitrogens with zero attached hydrogens (tertiary/aromatic N) is 2. The van der Waals surface area contributed by atoms with Crippen LogP contribution in [0.25, 0.3) is 0 Å². The van der Waals surface area contributed by atoms with Crippen molar-refractivity contribution in [1.29, 1.82) is 0 Å². The molecule has 1 fully saturated rings. The topological polar surface area (TPSA) is 43.8 Å². The molecule has 1 saturated carbocycles. The van der Waals surface area contributed by atoms with Crippen LogP contribution in [0.2, 0.25) is 0 Å². The van der Waals surface area contributed by atoms with Crippen LogP contribution in [0, 0.1) is 5.41 Å². The molecule has 0 unspecified atom stereocenters. The second kappa shape index (κ2) is 2.10. The van der Waals surface area contributed by atoms with Gasteiger partial charge in [-0.2, -0.15) is 0 Å². The maximum absolute atomic E-state index is 5.94. The number of hydrogen-bond donors (Lipinski definition) is 1. The molecule has 0 saturated heterocycles. The van der Waals surface area contributed by atoms with Gasteiger partial charge in [-0.1, -0.05) is 13.8 Å². The van der Waals surface area contributed by atoms with Crippen molar-refractivity contribution in [1.82, 2.24) is 9.55 Å². The zero-order valence-corrected chi connectivity index (χ0v) is 7.78. The summed E-state index contributed by atoms with van der Waals surface area (Å²) >= 11 is 0. The second-order valence-corrected chi connectivity index (χ2v) is 4.29. The van der Waals surface area contributed by atoms with E-state index in [1.807, 2.05) is 17.9 Å². The van der Waals surface area contributed by atoms with Crippen LogP contribution in [-0.2, 0) is 7.05 Å². The maximum atomic E-state index is 5.94. The lowest BCUT2D eigenvalue weighted by Crippen LogP contribution is -2.06. The van der Waals surface area contributed by atoms with Gasteiger partial charge in [0.05, 0.1) is 12.0 Å². The Kier molecular flexibility index (Phi) is 1.37. The minimum absolute atomic E-state index is 0.244. The molecule has 0 amide bonds. The highest BCUT2D eigenvalue weighted by atomic mass is 15.0. The van der Waals surface area contributed by atoms with Crippen molar-refractivity contribution in [2.75, 3.05) is 0 Å². The molecule has 0 spiro atoms. The fourth-order valence-electron chi connectivity index (χ4n) is 1.84. The number of nitrogens with two attached hydrogens (primary N) is 1. The van der Waals surface area contributed by atoms with E-state index in [0.717, 1.165) is 5.69 Å². The molecule has 0 radical (unpaired) electrons. The van der Waals surface area contributed by atoms with E-state index in [4.69, 9.17) is 5.73 Å². The summed E-state index contributed by atoms with van der Waals surface area (Å²) in [6.45, 7) is 4.38. The standard InChI is InChI=1S/C9H15N3/c1-9(2)7(8(9)10)6-4-12(3)5-11-6/h4-5,7-8H,10H2,1-3H3/t7-,8-/m1/s1. The van der Waals surface area contributed by atoms with E-state index in [9.17, 15) is 0 Å². The highest BCUT2D eigenvalue weighted by Gasteiger charge is 2.57. The van der Waals surface area contributed by atoms with Crippen molar-refractivity contribution in [2.45, 2.75) is 25.8 Å². The summed E-state index contributed by atoms with van der Waals surface area (Å²) in [4.78, 5) is 4.31. The van der Waals surface area contributed by atoms with Gasteiger partial charge in [0, 0.05) is 25.2 Å². The maximum Gasteiger partial charge on any atom is 0.0946 e. The van der Waals surface area contributed by atoms with Crippen LogP contribution in [-0.4, -0.2) is 15.6 Å². The van der Waals surface area contributed by atoms with Gasteiger partial charge in [0.25, 0.3) is 0 Å². The van der Waals surface area contributed by atoms with E-state index in [1.165, 1.54) is 0 Å². The molecule has 2 N–H and O–H groups in total. The zero-order chi connectivity index (χ0) is 8.93. The Morgan fingerprint density at radius 2 is 2.17 bits per heavy atom. The van der Waals surface area contributed by atoms with Crippen molar-refractivity contribution in [3.05, 3.63) is 18.2 Å². The van der Waals surface area contributed by atoms with Crippen molar-refractivity contribution in [3.63, 3.8) is 0 Å². The first-order chi connectivity index (χ1) is 5.53. The summed E-state index contributed by atoms with van der Waals surface area (Å²) in [6.07, 6.45) is 3.88. The Bertz CT molecular complexity index is 300. The second-order valence-electron chi connectivity index (χ2n) is 4.29. The van der Waals surface area contributed by atoms with E-state index in [1.54, 1.807) is 0 Å². The minimum atomic E-state index is 0.244. The van der Waals surface area contributed by atoms with Gasteiger partial charge in [-0.15, -0.1) is 0 Å².